The Hall–Kier alpha value is -2.37. The van der Waals surface area contributed by atoms with E-state index in [1.165, 1.54) is 0 Å². The second kappa shape index (κ2) is 7.68. The van der Waals surface area contributed by atoms with E-state index in [1.807, 2.05) is 52.8 Å². The van der Waals surface area contributed by atoms with Crippen molar-refractivity contribution >= 4 is 5.97 Å². The first-order valence-electron chi connectivity index (χ1n) is 8.40. The van der Waals surface area contributed by atoms with E-state index in [4.69, 9.17) is 14.0 Å². The summed E-state index contributed by atoms with van der Waals surface area (Å²) in [6, 6.07) is 5.97. The number of aromatic nitrogens is 2. The number of ether oxygens (including phenoxy) is 2. The molecule has 0 spiro atoms. The van der Waals surface area contributed by atoms with Crippen LogP contribution < -0.4 is 4.74 Å². The maximum absolute atomic E-state index is 12.0. The lowest BCUT2D eigenvalue weighted by Gasteiger charge is -2.12. The number of carbonyl (C=O) groups is 1. The molecule has 0 radical (unpaired) electrons. The lowest BCUT2D eigenvalue weighted by atomic mass is 9.96. The number of nitrogens with zero attached hydrogens (tertiary/aromatic N) is 2. The Morgan fingerprint density at radius 2 is 2.00 bits per heavy atom. The van der Waals surface area contributed by atoms with Gasteiger partial charge < -0.3 is 14.0 Å². The van der Waals surface area contributed by atoms with Crippen molar-refractivity contribution in [1.29, 1.82) is 0 Å². The van der Waals surface area contributed by atoms with Crippen LogP contribution >= 0.6 is 0 Å². The molecule has 0 amide bonds. The second-order valence-electron chi connectivity index (χ2n) is 7.21. The van der Waals surface area contributed by atoms with Gasteiger partial charge in [0.15, 0.2) is 11.9 Å². The summed E-state index contributed by atoms with van der Waals surface area (Å²) in [4.78, 5) is 16.3. The number of rotatable bonds is 6. The van der Waals surface area contributed by atoms with E-state index in [9.17, 15) is 4.79 Å². The van der Waals surface area contributed by atoms with Crippen LogP contribution in [0.5, 0.6) is 5.75 Å². The van der Waals surface area contributed by atoms with Gasteiger partial charge in [0.2, 0.25) is 0 Å². The fraction of sp³-hybridized carbons (Fsp3) is 0.526. The van der Waals surface area contributed by atoms with Crippen LogP contribution in [-0.2, 0) is 14.9 Å². The molecule has 6 heteroatoms. The predicted molar refractivity (Wildman–Crippen MR) is 93.5 cm³/mol. The number of aryl methyl sites for hydroxylation is 2. The van der Waals surface area contributed by atoms with Crippen molar-refractivity contribution in [3.05, 3.63) is 41.0 Å². The highest BCUT2D eigenvalue weighted by atomic mass is 16.6. The van der Waals surface area contributed by atoms with Crippen molar-refractivity contribution < 1.29 is 18.8 Å². The standard InChI is InChI=1S/C19H26N2O4/c1-12-7-8-13(2)15(11-12)23-10-9-16(22)24-14(3)17-20-18(21-25-17)19(4,5)6/h7-8,11,14H,9-10H2,1-6H3. The average molecular weight is 346 g/mol. The first kappa shape index (κ1) is 19.0. The lowest BCUT2D eigenvalue weighted by Crippen LogP contribution is -2.15. The molecule has 0 aliphatic carbocycles. The number of carbonyl (C=O) groups excluding carboxylic acids is 1. The molecule has 0 N–H and O–H groups in total. The molecule has 2 rings (SSSR count). The van der Waals surface area contributed by atoms with Crippen LogP contribution in [0, 0.1) is 13.8 Å². The monoisotopic (exact) mass is 346 g/mol. The Morgan fingerprint density at radius 3 is 2.64 bits per heavy atom. The van der Waals surface area contributed by atoms with Gasteiger partial charge in [-0.05, 0) is 38.0 Å². The maximum atomic E-state index is 12.0. The SMILES string of the molecule is Cc1ccc(C)c(OCCC(=O)OC(C)c2nc(C(C)(C)C)no2)c1. The van der Waals surface area contributed by atoms with Crippen LogP contribution in [0.1, 0.15) is 63.1 Å². The zero-order valence-electron chi connectivity index (χ0n) is 15.8. The van der Waals surface area contributed by atoms with Gasteiger partial charge in [-0.15, -0.1) is 0 Å². The van der Waals surface area contributed by atoms with Crippen LogP contribution in [0.15, 0.2) is 22.7 Å². The Labute approximate surface area is 148 Å². The minimum absolute atomic E-state index is 0.151. The molecule has 2 aromatic rings. The fourth-order valence-corrected chi connectivity index (χ4v) is 2.12. The molecular weight excluding hydrogens is 320 g/mol. The van der Waals surface area contributed by atoms with Gasteiger partial charge in [0.1, 0.15) is 5.75 Å². The highest BCUT2D eigenvalue weighted by Crippen LogP contribution is 2.23. The third-order valence-corrected chi connectivity index (χ3v) is 3.68. The molecule has 1 atom stereocenters. The van der Waals surface area contributed by atoms with Crippen molar-refractivity contribution in [1.82, 2.24) is 10.1 Å². The number of hydrogen-bond acceptors (Lipinski definition) is 6. The average Bonchev–Trinajstić information content (AvgIpc) is 3.01. The normalized spacial score (nSPS) is 12.7. The molecule has 0 aliphatic heterocycles. The molecule has 1 aromatic carbocycles. The Bertz CT molecular complexity index is 731. The van der Waals surface area contributed by atoms with Gasteiger partial charge in [0.05, 0.1) is 13.0 Å². The molecule has 1 aromatic heterocycles. The topological polar surface area (TPSA) is 74.5 Å². The Kier molecular flexibility index (Phi) is 5.82. The van der Waals surface area contributed by atoms with E-state index in [1.54, 1.807) is 6.92 Å². The van der Waals surface area contributed by atoms with Crippen LogP contribution in [0.25, 0.3) is 0 Å². The molecule has 0 bridgehead atoms. The maximum Gasteiger partial charge on any atom is 0.310 e. The minimum atomic E-state index is -0.586. The summed E-state index contributed by atoms with van der Waals surface area (Å²) < 4.78 is 16.2. The summed E-state index contributed by atoms with van der Waals surface area (Å²) in [6.07, 6.45) is -0.436. The number of esters is 1. The molecule has 1 unspecified atom stereocenters. The summed E-state index contributed by atoms with van der Waals surface area (Å²) in [5.41, 5.74) is 1.93. The third-order valence-electron chi connectivity index (χ3n) is 3.68. The largest absolute Gasteiger partial charge is 0.493 e. The predicted octanol–water partition coefficient (Wildman–Crippen LogP) is 4.06. The lowest BCUT2D eigenvalue weighted by molar-refractivity contribution is -0.150. The molecule has 1 heterocycles. The highest BCUT2D eigenvalue weighted by Gasteiger charge is 2.24. The van der Waals surface area contributed by atoms with Crippen LogP contribution in [0.2, 0.25) is 0 Å². The van der Waals surface area contributed by atoms with Crippen molar-refractivity contribution in [2.45, 2.75) is 59.5 Å². The summed E-state index contributed by atoms with van der Waals surface area (Å²) >= 11 is 0. The van der Waals surface area contributed by atoms with Crippen LogP contribution in [0.3, 0.4) is 0 Å². The van der Waals surface area contributed by atoms with Crippen molar-refractivity contribution in [2.24, 2.45) is 0 Å². The van der Waals surface area contributed by atoms with Crippen LogP contribution in [0.4, 0.5) is 0 Å². The van der Waals surface area contributed by atoms with Crippen LogP contribution in [-0.4, -0.2) is 22.7 Å². The van der Waals surface area contributed by atoms with E-state index in [-0.39, 0.29) is 24.4 Å². The van der Waals surface area contributed by atoms with Crippen molar-refractivity contribution in [3.8, 4) is 5.75 Å². The molecule has 6 nitrogen and oxygen atoms in total. The van der Waals surface area contributed by atoms with E-state index in [0.29, 0.717) is 11.7 Å². The quantitative estimate of drug-likeness (QED) is 0.734. The zero-order valence-corrected chi connectivity index (χ0v) is 15.8. The molecule has 0 saturated heterocycles. The molecule has 136 valence electrons. The van der Waals surface area contributed by atoms with Crippen molar-refractivity contribution in [3.63, 3.8) is 0 Å². The molecule has 25 heavy (non-hydrogen) atoms. The van der Waals surface area contributed by atoms with Gasteiger partial charge in [-0.3, -0.25) is 4.79 Å². The molecular formula is C19H26N2O4. The van der Waals surface area contributed by atoms with Gasteiger partial charge in [0, 0.05) is 5.41 Å². The Balaban J connectivity index is 1.83. The van der Waals surface area contributed by atoms with Gasteiger partial charge >= 0.3 is 5.97 Å². The van der Waals surface area contributed by atoms with Gasteiger partial charge in [-0.25, -0.2) is 0 Å². The molecule has 0 fully saturated rings. The van der Waals surface area contributed by atoms with Crippen molar-refractivity contribution in [2.75, 3.05) is 6.61 Å². The van der Waals surface area contributed by atoms with Gasteiger partial charge in [0.25, 0.3) is 5.89 Å². The summed E-state index contributed by atoms with van der Waals surface area (Å²) in [7, 11) is 0. The van der Waals surface area contributed by atoms with Gasteiger partial charge in [-0.1, -0.05) is 38.1 Å². The summed E-state index contributed by atoms with van der Waals surface area (Å²) in [5.74, 6) is 1.30. The third kappa shape index (κ3) is 5.31. The van der Waals surface area contributed by atoms with E-state index < -0.39 is 6.10 Å². The second-order valence-corrected chi connectivity index (χ2v) is 7.21. The molecule has 0 aliphatic rings. The summed E-state index contributed by atoms with van der Waals surface area (Å²) in [6.45, 7) is 11.9. The van der Waals surface area contributed by atoms with E-state index >= 15 is 0 Å². The first-order chi connectivity index (χ1) is 11.7. The van der Waals surface area contributed by atoms with Gasteiger partial charge in [-0.2, -0.15) is 4.98 Å². The zero-order chi connectivity index (χ0) is 18.6. The molecule has 0 saturated carbocycles. The number of benzene rings is 1. The summed E-state index contributed by atoms with van der Waals surface area (Å²) in [5, 5.41) is 3.93. The first-order valence-corrected chi connectivity index (χ1v) is 8.40. The number of hydrogen-bond donors (Lipinski definition) is 0. The van der Waals surface area contributed by atoms with E-state index in [2.05, 4.69) is 10.1 Å². The highest BCUT2D eigenvalue weighted by molar-refractivity contribution is 5.69. The minimum Gasteiger partial charge on any atom is -0.493 e. The van der Waals surface area contributed by atoms with E-state index in [0.717, 1.165) is 16.9 Å². The smallest absolute Gasteiger partial charge is 0.310 e. The fourth-order valence-electron chi connectivity index (χ4n) is 2.12. The Morgan fingerprint density at radius 1 is 1.28 bits per heavy atom.